The molecule has 0 aliphatic heterocycles. The van der Waals surface area contributed by atoms with Gasteiger partial charge in [0.05, 0.1) is 26.0 Å². The normalized spacial score (nSPS) is 13.3. The summed E-state index contributed by atoms with van der Waals surface area (Å²) >= 11 is 6.09. The first-order valence-electron chi connectivity index (χ1n) is 8.54. The first-order chi connectivity index (χ1) is 13.3. The monoisotopic (exact) mass is 430 g/mol. The van der Waals surface area contributed by atoms with Gasteiger partial charge in [0.15, 0.2) is 0 Å². The number of hydrogen-bond donors (Lipinski definition) is 0. The van der Waals surface area contributed by atoms with Crippen molar-refractivity contribution in [2.24, 2.45) is 0 Å². The first-order valence-corrected chi connectivity index (χ1v) is 11.6. The van der Waals surface area contributed by atoms with E-state index in [1.54, 1.807) is 60.7 Å². The number of aryl methyl sites for hydroxylation is 2. The second kappa shape index (κ2) is 8.43. The molecule has 0 spiro atoms. The quantitative estimate of drug-likeness (QED) is 0.534. The van der Waals surface area contributed by atoms with Crippen LogP contribution in [0.5, 0.6) is 0 Å². The number of sulfone groups is 1. The van der Waals surface area contributed by atoms with Crippen LogP contribution in [0.4, 0.5) is 0 Å². The van der Waals surface area contributed by atoms with Gasteiger partial charge in [-0.15, -0.1) is 0 Å². The molecule has 0 radical (unpaired) electrons. The molecule has 0 N–H and O–H groups in total. The van der Waals surface area contributed by atoms with Gasteiger partial charge < -0.3 is 0 Å². The summed E-state index contributed by atoms with van der Waals surface area (Å²) < 4.78 is 39.2. The minimum atomic E-state index is -3.80. The number of benzene rings is 3. The van der Waals surface area contributed by atoms with Crippen LogP contribution in [0.25, 0.3) is 4.91 Å². The van der Waals surface area contributed by atoms with Crippen LogP contribution in [0.15, 0.2) is 88.0 Å². The summed E-state index contributed by atoms with van der Waals surface area (Å²) in [5, 5.41) is 1.52. The Bertz CT molecular complexity index is 1150. The fourth-order valence-corrected chi connectivity index (χ4v) is 5.55. The third kappa shape index (κ3) is 4.79. The van der Waals surface area contributed by atoms with E-state index in [9.17, 15) is 12.6 Å². The number of rotatable bonds is 5. The zero-order valence-electron chi connectivity index (χ0n) is 15.4. The van der Waals surface area contributed by atoms with Gasteiger partial charge in [0, 0.05) is 9.92 Å². The molecule has 0 heterocycles. The molecule has 0 aliphatic rings. The topological polar surface area (TPSA) is 51.2 Å². The van der Waals surface area contributed by atoms with Crippen LogP contribution in [0, 0.1) is 13.8 Å². The van der Waals surface area contributed by atoms with Crippen LogP contribution in [0.3, 0.4) is 0 Å². The summed E-state index contributed by atoms with van der Waals surface area (Å²) in [6.45, 7) is 3.82. The summed E-state index contributed by atoms with van der Waals surface area (Å²) in [7, 11) is -5.49. The Morgan fingerprint density at radius 1 is 0.893 bits per heavy atom. The maximum Gasteiger partial charge on any atom is 0.201 e. The Morgan fingerprint density at radius 2 is 1.46 bits per heavy atom. The molecule has 3 aromatic rings. The van der Waals surface area contributed by atoms with Gasteiger partial charge in [-0.3, -0.25) is 0 Å². The van der Waals surface area contributed by atoms with E-state index >= 15 is 0 Å². The second-order valence-electron chi connectivity index (χ2n) is 6.43. The molecule has 28 heavy (non-hydrogen) atoms. The van der Waals surface area contributed by atoms with Crippen molar-refractivity contribution in [3.8, 4) is 0 Å². The molecule has 3 rings (SSSR count). The van der Waals surface area contributed by atoms with Gasteiger partial charge >= 0.3 is 0 Å². The highest BCUT2D eigenvalue weighted by Crippen LogP contribution is 2.29. The fourth-order valence-electron chi connectivity index (χ4n) is 2.59. The van der Waals surface area contributed by atoms with Gasteiger partial charge in [0.2, 0.25) is 9.84 Å². The van der Waals surface area contributed by atoms with E-state index in [0.29, 0.717) is 15.5 Å². The lowest BCUT2D eigenvalue weighted by Gasteiger charge is -2.10. The maximum atomic E-state index is 13.3. The molecule has 0 saturated heterocycles. The van der Waals surface area contributed by atoms with Crippen LogP contribution in [-0.4, -0.2) is 12.6 Å². The zero-order valence-corrected chi connectivity index (χ0v) is 17.8. The zero-order chi connectivity index (χ0) is 20.3. The van der Waals surface area contributed by atoms with Gasteiger partial charge in [0.1, 0.15) is 0 Å². The highest BCUT2D eigenvalue weighted by Gasteiger charge is 2.19. The Kier molecular flexibility index (Phi) is 6.18. The van der Waals surface area contributed by atoms with Gasteiger partial charge in [-0.25, -0.2) is 12.6 Å². The lowest BCUT2D eigenvalue weighted by atomic mass is 10.2. The summed E-state index contributed by atoms with van der Waals surface area (Å²) in [4.78, 5) is 0.862. The average molecular weight is 431 g/mol. The lowest BCUT2D eigenvalue weighted by Crippen LogP contribution is -2.03. The van der Waals surface area contributed by atoms with Crippen LogP contribution in [-0.2, 0) is 20.6 Å². The molecule has 0 fully saturated rings. The van der Waals surface area contributed by atoms with Crippen LogP contribution >= 0.6 is 11.6 Å². The van der Waals surface area contributed by atoms with Gasteiger partial charge in [-0.1, -0.05) is 59.1 Å². The first kappa shape index (κ1) is 20.5. The molecular weight excluding hydrogens is 412 g/mol. The van der Waals surface area contributed by atoms with Crippen LogP contribution in [0.1, 0.15) is 16.7 Å². The van der Waals surface area contributed by atoms with E-state index in [-0.39, 0.29) is 9.80 Å². The molecule has 0 amide bonds. The molecular formula is C22H19ClO3S2. The van der Waals surface area contributed by atoms with Gasteiger partial charge in [-0.2, -0.15) is 0 Å². The Hall–Kier alpha value is -2.21. The summed E-state index contributed by atoms with van der Waals surface area (Å²) in [6.07, 6.45) is 0. The van der Waals surface area contributed by atoms with E-state index < -0.39 is 20.6 Å². The van der Waals surface area contributed by atoms with E-state index in [1.807, 2.05) is 26.0 Å². The maximum absolute atomic E-state index is 13.3. The molecule has 0 bridgehead atoms. The van der Waals surface area contributed by atoms with Gasteiger partial charge in [0.25, 0.3) is 0 Å². The predicted molar refractivity (Wildman–Crippen MR) is 115 cm³/mol. The standard InChI is InChI=1S/C22H19ClO3S2/c1-16-6-10-20(11-7-16)27(24)22(18-4-3-5-19(23)14-18)15-28(25,26)21-12-8-17(2)9-13-21/h3-15H,1-2H3. The highest BCUT2D eigenvalue weighted by molar-refractivity contribution is 7.99. The molecule has 3 aromatic carbocycles. The van der Waals surface area contributed by atoms with Crippen molar-refractivity contribution in [1.29, 1.82) is 0 Å². The minimum Gasteiger partial charge on any atom is -0.249 e. The molecule has 0 aromatic heterocycles. The van der Waals surface area contributed by atoms with Crippen molar-refractivity contribution < 1.29 is 12.6 Å². The van der Waals surface area contributed by atoms with Crippen molar-refractivity contribution in [3.05, 3.63) is 99.9 Å². The molecule has 144 valence electrons. The molecule has 6 heteroatoms. The van der Waals surface area contributed by atoms with Crippen LogP contribution < -0.4 is 0 Å². The molecule has 0 saturated carbocycles. The molecule has 0 aliphatic carbocycles. The van der Waals surface area contributed by atoms with Crippen LogP contribution in [0.2, 0.25) is 5.02 Å². The van der Waals surface area contributed by atoms with Gasteiger partial charge in [-0.05, 0) is 55.8 Å². The lowest BCUT2D eigenvalue weighted by molar-refractivity contribution is 0.604. The largest absolute Gasteiger partial charge is 0.249 e. The molecule has 1 atom stereocenters. The second-order valence-corrected chi connectivity index (χ2v) is 10.1. The summed E-state index contributed by atoms with van der Waals surface area (Å²) in [5.41, 5.74) is 2.49. The summed E-state index contributed by atoms with van der Waals surface area (Å²) in [5.74, 6) is 0. The Balaban J connectivity index is 2.15. The fraction of sp³-hybridized carbons (Fsp3) is 0.0909. The third-order valence-corrected chi connectivity index (χ3v) is 7.47. The molecule has 3 nitrogen and oxygen atoms in total. The summed E-state index contributed by atoms with van der Waals surface area (Å²) in [6, 6.07) is 20.4. The Morgan fingerprint density at radius 3 is 2.04 bits per heavy atom. The number of hydrogen-bond acceptors (Lipinski definition) is 3. The highest BCUT2D eigenvalue weighted by atomic mass is 35.5. The van der Waals surface area contributed by atoms with E-state index in [2.05, 4.69) is 0 Å². The van der Waals surface area contributed by atoms with Crippen molar-refractivity contribution in [2.45, 2.75) is 23.6 Å². The van der Waals surface area contributed by atoms with E-state index in [1.165, 1.54) is 0 Å². The predicted octanol–water partition coefficient (Wildman–Crippen LogP) is 5.54. The Labute approximate surface area is 173 Å². The van der Waals surface area contributed by atoms with Crippen molar-refractivity contribution in [2.75, 3.05) is 0 Å². The van der Waals surface area contributed by atoms with E-state index in [4.69, 9.17) is 11.6 Å². The van der Waals surface area contributed by atoms with Crippen molar-refractivity contribution in [1.82, 2.24) is 0 Å². The minimum absolute atomic E-state index is 0.151. The third-order valence-electron chi connectivity index (χ3n) is 4.16. The van der Waals surface area contributed by atoms with Crippen molar-refractivity contribution in [3.63, 3.8) is 0 Å². The SMILES string of the molecule is Cc1ccc(S(=O)C(=CS(=O)(=O)c2ccc(C)cc2)c2cccc(Cl)c2)cc1. The molecule has 1 unspecified atom stereocenters. The van der Waals surface area contributed by atoms with Crippen molar-refractivity contribution >= 4 is 37.1 Å². The van der Waals surface area contributed by atoms with E-state index in [0.717, 1.165) is 16.5 Å². The average Bonchev–Trinajstić information content (AvgIpc) is 2.66. The number of halogens is 1. The smallest absolute Gasteiger partial charge is 0.201 e.